The van der Waals surface area contributed by atoms with Crippen molar-refractivity contribution in [1.82, 2.24) is 4.90 Å². The van der Waals surface area contributed by atoms with Crippen molar-refractivity contribution in [3.05, 3.63) is 54.6 Å². The summed E-state index contributed by atoms with van der Waals surface area (Å²) in [6.45, 7) is 0.180. The minimum atomic E-state index is -3.04. The van der Waals surface area contributed by atoms with Gasteiger partial charge in [0.2, 0.25) is 5.91 Å². The van der Waals surface area contributed by atoms with E-state index < -0.39 is 9.84 Å². The first-order chi connectivity index (χ1) is 15.0. The molecular weight excluding hydrogens is 428 g/mol. The van der Waals surface area contributed by atoms with E-state index in [0.717, 1.165) is 41.2 Å². The maximum atomic E-state index is 13.3. The Labute approximate surface area is 189 Å². The van der Waals surface area contributed by atoms with Crippen molar-refractivity contribution in [2.75, 3.05) is 23.4 Å². The number of hydrogen-bond donors (Lipinski definition) is 1. The molecule has 0 bridgehead atoms. The van der Waals surface area contributed by atoms with Crippen LogP contribution in [-0.4, -0.2) is 49.4 Å². The molecule has 4 rings (SSSR count). The minimum absolute atomic E-state index is 0.00788. The van der Waals surface area contributed by atoms with Gasteiger partial charge in [-0.1, -0.05) is 61.4 Å². The van der Waals surface area contributed by atoms with Crippen molar-refractivity contribution in [1.29, 1.82) is 0 Å². The van der Waals surface area contributed by atoms with Gasteiger partial charge in [-0.05, 0) is 43.5 Å². The third kappa shape index (κ3) is 5.83. The second-order valence-electron chi connectivity index (χ2n) is 8.41. The molecule has 2 fully saturated rings. The predicted molar refractivity (Wildman–Crippen MR) is 126 cm³/mol. The van der Waals surface area contributed by atoms with Gasteiger partial charge in [-0.15, -0.1) is 0 Å². The van der Waals surface area contributed by atoms with E-state index in [1.165, 1.54) is 6.42 Å². The largest absolute Gasteiger partial charge is 0.375 e. The predicted octanol–water partition coefficient (Wildman–Crippen LogP) is 4.60. The van der Waals surface area contributed by atoms with Crippen LogP contribution in [0.25, 0.3) is 0 Å². The molecule has 1 amide bonds. The maximum Gasteiger partial charge on any atom is 0.242 e. The quantitative estimate of drug-likeness (QED) is 0.657. The summed E-state index contributed by atoms with van der Waals surface area (Å²) in [5, 5.41) is 3.34. The Hall–Kier alpha value is -1.99. The van der Waals surface area contributed by atoms with Crippen molar-refractivity contribution >= 4 is 33.2 Å². The highest BCUT2D eigenvalue weighted by atomic mass is 32.2. The zero-order valence-corrected chi connectivity index (χ0v) is 19.3. The number of nitrogens with one attached hydrogen (secondary N) is 1. The third-order valence-electron chi connectivity index (χ3n) is 6.15. The molecule has 1 atom stereocenters. The second-order valence-corrected chi connectivity index (χ2v) is 11.8. The first-order valence-electron chi connectivity index (χ1n) is 11.1. The molecule has 1 saturated carbocycles. The summed E-state index contributed by atoms with van der Waals surface area (Å²) < 4.78 is 24.2. The van der Waals surface area contributed by atoms with E-state index in [0.29, 0.717) is 6.42 Å². The summed E-state index contributed by atoms with van der Waals surface area (Å²) in [5.74, 6) is 0.307. The molecule has 0 unspecified atom stereocenters. The van der Waals surface area contributed by atoms with Gasteiger partial charge in [0, 0.05) is 27.6 Å². The standard InChI is InChI=1S/C24H30N2O3S2/c27-24(26(19-9-3-1-4-10-19)20-15-16-31(28,29)18-20)17-25-22-13-7-8-14-23(22)30-21-11-5-2-6-12-21/h2,5-8,11-14,19-20,25H,1,3-4,9-10,15-18H2/t20-/m1/s1. The highest BCUT2D eigenvalue weighted by Crippen LogP contribution is 2.33. The van der Waals surface area contributed by atoms with E-state index >= 15 is 0 Å². The summed E-state index contributed by atoms with van der Waals surface area (Å²) in [6.07, 6.45) is 5.93. The van der Waals surface area contributed by atoms with Gasteiger partial charge in [-0.2, -0.15) is 0 Å². The molecule has 1 aliphatic carbocycles. The van der Waals surface area contributed by atoms with Crippen LogP contribution in [0.1, 0.15) is 38.5 Å². The molecule has 5 nitrogen and oxygen atoms in total. The average Bonchev–Trinajstić information content (AvgIpc) is 3.14. The summed E-state index contributed by atoms with van der Waals surface area (Å²) in [6, 6.07) is 18.1. The van der Waals surface area contributed by atoms with Crippen molar-refractivity contribution in [3.8, 4) is 0 Å². The first-order valence-corrected chi connectivity index (χ1v) is 13.7. The molecule has 2 aromatic carbocycles. The average molecular weight is 459 g/mol. The number of carbonyl (C=O) groups excluding carboxylic acids is 1. The van der Waals surface area contributed by atoms with E-state index in [1.54, 1.807) is 11.8 Å². The Morgan fingerprint density at radius 3 is 2.35 bits per heavy atom. The molecule has 2 aromatic rings. The third-order valence-corrected chi connectivity index (χ3v) is 8.98. The zero-order valence-electron chi connectivity index (χ0n) is 17.7. The molecule has 0 spiro atoms. The SMILES string of the molecule is O=C(CNc1ccccc1Sc1ccccc1)N(C1CCCCC1)[C@@H]1CCS(=O)(=O)C1. The van der Waals surface area contributed by atoms with Gasteiger partial charge in [0.05, 0.1) is 18.1 Å². The number of sulfone groups is 1. The van der Waals surface area contributed by atoms with Crippen LogP contribution in [-0.2, 0) is 14.6 Å². The summed E-state index contributed by atoms with van der Waals surface area (Å²) in [5.41, 5.74) is 0.923. The van der Waals surface area contributed by atoms with E-state index in [9.17, 15) is 13.2 Å². The molecule has 2 aliphatic rings. The van der Waals surface area contributed by atoms with E-state index in [1.807, 2.05) is 47.4 Å². The van der Waals surface area contributed by atoms with Crippen LogP contribution in [0.5, 0.6) is 0 Å². The van der Waals surface area contributed by atoms with E-state index in [2.05, 4.69) is 17.4 Å². The number of nitrogens with zero attached hydrogens (tertiary/aromatic N) is 1. The van der Waals surface area contributed by atoms with Crippen molar-refractivity contribution in [3.63, 3.8) is 0 Å². The van der Waals surface area contributed by atoms with Gasteiger partial charge in [0.1, 0.15) is 0 Å². The lowest BCUT2D eigenvalue weighted by atomic mass is 9.93. The number of rotatable bonds is 7. The zero-order chi connectivity index (χ0) is 21.7. The van der Waals surface area contributed by atoms with Gasteiger partial charge in [0.15, 0.2) is 9.84 Å². The molecule has 1 heterocycles. The monoisotopic (exact) mass is 458 g/mol. The van der Waals surface area contributed by atoms with Crippen molar-refractivity contribution < 1.29 is 13.2 Å². The highest BCUT2D eigenvalue weighted by molar-refractivity contribution is 7.99. The van der Waals surface area contributed by atoms with Crippen molar-refractivity contribution in [2.24, 2.45) is 0 Å². The molecular formula is C24H30N2O3S2. The fourth-order valence-corrected chi connectivity index (χ4v) is 7.29. The normalized spacial score (nSPS) is 21.0. The fraction of sp³-hybridized carbons (Fsp3) is 0.458. The first kappa shape index (κ1) is 22.2. The molecule has 1 aliphatic heterocycles. The summed E-state index contributed by atoms with van der Waals surface area (Å²) in [4.78, 5) is 17.5. The van der Waals surface area contributed by atoms with Gasteiger partial charge >= 0.3 is 0 Å². The minimum Gasteiger partial charge on any atom is -0.375 e. The Balaban J connectivity index is 1.47. The number of benzene rings is 2. The van der Waals surface area contributed by atoms with Gasteiger partial charge < -0.3 is 10.2 Å². The van der Waals surface area contributed by atoms with Crippen LogP contribution in [0.15, 0.2) is 64.4 Å². The topological polar surface area (TPSA) is 66.5 Å². The summed E-state index contributed by atoms with van der Waals surface area (Å²) in [7, 11) is -3.04. The Morgan fingerprint density at radius 1 is 0.935 bits per heavy atom. The second kappa shape index (κ2) is 10.1. The highest BCUT2D eigenvalue weighted by Gasteiger charge is 2.38. The molecule has 0 radical (unpaired) electrons. The van der Waals surface area contributed by atoms with E-state index in [-0.39, 0.29) is 36.0 Å². The maximum absolute atomic E-state index is 13.3. The lowest BCUT2D eigenvalue weighted by Crippen LogP contribution is -2.50. The van der Waals surface area contributed by atoms with Gasteiger partial charge in [0.25, 0.3) is 0 Å². The number of amides is 1. The smallest absolute Gasteiger partial charge is 0.242 e. The number of hydrogen-bond acceptors (Lipinski definition) is 5. The molecule has 166 valence electrons. The Kier molecular flexibility index (Phi) is 7.23. The lowest BCUT2D eigenvalue weighted by Gasteiger charge is -2.38. The Morgan fingerprint density at radius 2 is 1.65 bits per heavy atom. The molecule has 7 heteroatoms. The van der Waals surface area contributed by atoms with Gasteiger partial charge in [-0.3, -0.25) is 4.79 Å². The van der Waals surface area contributed by atoms with Crippen LogP contribution in [0.4, 0.5) is 5.69 Å². The molecule has 0 aromatic heterocycles. The summed E-state index contributed by atoms with van der Waals surface area (Å²) >= 11 is 1.66. The number of para-hydroxylation sites is 1. The Bertz CT molecular complexity index is 989. The van der Waals surface area contributed by atoms with Crippen LogP contribution in [0.2, 0.25) is 0 Å². The van der Waals surface area contributed by atoms with Crippen molar-refractivity contribution in [2.45, 2.75) is 60.4 Å². The molecule has 1 saturated heterocycles. The fourth-order valence-electron chi connectivity index (χ4n) is 4.64. The lowest BCUT2D eigenvalue weighted by molar-refractivity contribution is -0.134. The van der Waals surface area contributed by atoms with Crippen LogP contribution < -0.4 is 5.32 Å². The van der Waals surface area contributed by atoms with Crippen LogP contribution in [0.3, 0.4) is 0 Å². The van der Waals surface area contributed by atoms with Crippen LogP contribution >= 0.6 is 11.8 Å². The van der Waals surface area contributed by atoms with E-state index in [4.69, 9.17) is 0 Å². The van der Waals surface area contributed by atoms with Crippen LogP contribution in [0, 0.1) is 0 Å². The number of carbonyl (C=O) groups is 1. The molecule has 1 N–H and O–H groups in total. The molecule has 31 heavy (non-hydrogen) atoms. The number of anilines is 1. The van der Waals surface area contributed by atoms with Gasteiger partial charge in [-0.25, -0.2) is 8.42 Å².